The third-order valence-electron chi connectivity index (χ3n) is 5.11. The Morgan fingerprint density at radius 2 is 1.12 bits per heavy atom. The third-order valence-corrected chi connectivity index (χ3v) is 5.11. The number of rotatable bonds is 9. The molecule has 8 heteroatoms. The van der Waals surface area contributed by atoms with Crippen LogP contribution in [0.15, 0.2) is 86.0 Å². The van der Waals surface area contributed by atoms with Crippen LogP contribution in [0.25, 0.3) is 0 Å². The first-order valence-electron chi connectivity index (χ1n) is 10.1. The van der Waals surface area contributed by atoms with Gasteiger partial charge in [0.05, 0.1) is 14.2 Å². The van der Waals surface area contributed by atoms with Gasteiger partial charge in [-0.1, -0.05) is 24.3 Å². The molecule has 6 nitrogen and oxygen atoms in total. The summed E-state index contributed by atoms with van der Waals surface area (Å²) in [6.07, 6.45) is 12.7. The maximum atomic E-state index is 5.31. The number of hydrogen-bond acceptors (Lipinski definition) is 2. The van der Waals surface area contributed by atoms with Crippen molar-refractivity contribution >= 4 is 0 Å². The normalized spacial score (nSPS) is 10.2. The van der Waals surface area contributed by atoms with Crippen LogP contribution < -0.4 is 52.6 Å². The molecule has 0 spiro atoms. The predicted molar refractivity (Wildman–Crippen MR) is 113 cm³/mol. The molecular weight excluding hydrogens is 536 g/mol. The highest BCUT2D eigenvalue weighted by Gasteiger charge is 2.09. The van der Waals surface area contributed by atoms with Gasteiger partial charge in [0.25, 0.3) is 0 Å². The first-order valence-corrected chi connectivity index (χ1v) is 10.1. The van der Waals surface area contributed by atoms with Gasteiger partial charge in [-0.05, 0) is 35.4 Å². The van der Waals surface area contributed by atoms with E-state index in [1.807, 2.05) is 24.3 Å². The SMILES string of the molecule is COc1cccc(C[n+]2ccn(CCn3cc[n+](Cc4cccc(OC)c4)c3)c2)c1.[Br-].[Br-]. The Kier molecular flexibility index (Phi) is 9.99. The van der Waals surface area contributed by atoms with Crippen LogP contribution in [0.3, 0.4) is 0 Å². The Hall–Kier alpha value is -2.58. The lowest BCUT2D eigenvalue weighted by Gasteiger charge is -2.02. The molecule has 0 atom stereocenters. The van der Waals surface area contributed by atoms with Crippen LogP contribution in [-0.2, 0) is 26.2 Å². The molecule has 0 N–H and O–H groups in total. The number of aromatic nitrogens is 4. The van der Waals surface area contributed by atoms with Crippen LogP contribution in [-0.4, -0.2) is 23.4 Å². The molecular formula is C24H28Br2N4O2. The first-order chi connectivity index (χ1) is 14.7. The van der Waals surface area contributed by atoms with Crippen molar-refractivity contribution in [2.75, 3.05) is 14.2 Å². The Balaban J connectivity index is 0.00000181. The number of aryl methyl sites for hydroxylation is 2. The van der Waals surface area contributed by atoms with E-state index in [0.29, 0.717) is 0 Å². The molecule has 0 aliphatic rings. The molecule has 0 saturated heterocycles. The molecule has 4 aromatic rings. The van der Waals surface area contributed by atoms with E-state index in [4.69, 9.17) is 9.47 Å². The zero-order valence-corrected chi connectivity index (χ0v) is 21.4. The Morgan fingerprint density at radius 3 is 1.53 bits per heavy atom. The summed E-state index contributed by atoms with van der Waals surface area (Å²) >= 11 is 0. The van der Waals surface area contributed by atoms with Crippen LogP contribution in [0.5, 0.6) is 11.5 Å². The van der Waals surface area contributed by atoms with Crippen LogP contribution in [0.1, 0.15) is 11.1 Å². The van der Waals surface area contributed by atoms with E-state index in [0.717, 1.165) is 37.7 Å². The average molecular weight is 564 g/mol. The van der Waals surface area contributed by atoms with Crippen molar-refractivity contribution < 1.29 is 52.6 Å². The summed E-state index contributed by atoms with van der Waals surface area (Å²) in [5.41, 5.74) is 2.45. The lowest BCUT2D eigenvalue weighted by atomic mass is 10.2. The monoisotopic (exact) mass is 562 g/mol. The minimum Gasteiger partial charge on any atom is -1.00 e. The second-order valence-corrected chi connectivity index (χ2v) is 7.35. The summed E-state index contributed by atoms with van der Waals surface area (Å²) in [6, 6.07) is 16.4. The number of ether oxygens (including phenoxy) is 2. The summed E-state index contributed by atoms with van der Waals surface area (Å²) in [6.45, 7) is 3.49. The van der Waals surface area contributed by atoms with E-state index in [2.05, 4.69) is 80.0 Å². The lowest BCUT2D eigenvalue weighted by Crippen LogP contribution is -3.00. The number of hydrogen-bond donors (Lipinski definition) is 0. The fourth-order valence-electron chi connectivity index (χ4n) is 3.52. The Labute approximate surface area is 210 Å². The highest BCUT2D eigenvalue weighted by atomic mass is 79.9. The van der Waals surface area contributed by atoms with E-state index in [1.54, 1.807) is 14.2 Å². The molecule has 0 aliphatic heterocycles. The van der Waals surface area contributed by atoms with Gasteiger partial charge in [0.2, 0.25) is 12.7 Å². The molecule has 0 bridgehead atoms. The van der Waals surface area contributed by atoms with Gasteiger partial charge in [0.1, 0.15) is 62.5 Å². The zero-order chi connectivity index (χ0) is 20.8. The van der Waals surface area contributed by atoms with Gasteiger partial charge in [-0.25, -0.2) is 18.3 Å². The zero-order valence-electron chi connectivity index (χ0n) is 18.3. The number of halogens is 2. The van der Waals surface area contributed by atoms with Crippen molar-refractivity contribution in [3.8, 4) is 11.5 Å². The van der Waals surface area contributed by atoms with E-state index in [1.165, 1.54) is 11.1 Å². The van der Waals surface area contributed by atoms with Gasteiger partial charge in [-0.3, -0.25) is 0 Å². The fourth-order valence-corrected chi connectivity index (χ4v) is 3.52. The van der Waals surface area contributed by atoms with Gasteiger partial charge in [0, 0.05) is 0 Å². The minimum atomic E-state index is 0. The molecule has 0 saturated carbocycles. The van der Waals surface area contributed by atoms with Crippen molar-refractivity contribution in [3.05, 3.63) is 97.1 Å². The quantitative estimate of drug-likeness (QED) is 0.200. The highest BCUT2D eigenvalue weighted by Crippen LogP contribution is 2.13. The van der Waals surface area contributed by atoms with Gasteiger partial charge < -0.3 is 43.4 Å². The van der Waals surface area contributed by atoms with Crippen LogP contribution in [0.4, 0.5) is 0 Å². The number of imidazole rings is 2. The van der Waals surface area contributed by atoms with Crippen molar-refractivity contribution in [3.63, 3.8) is 0 Å². The second-order valence-electron chi connectivity index (χ2n) is 7.35. The van der Waals surface area contributed by atoms with Crippen molar-refractivity contribution in [2.24, 2.45) is 0 Å². The number of nitrogens with zero attached hydrogens (tertiary/aromatic N) is 4. The standard InChI is InChI=1S/C24H28N4O2.2BrH/c1-29-23-7-3-5-21(15-23)17-27-13-11-25(19-27)9-10-26-12-14-28(20-26)18-22-6-4-8-24(16-22)30-2;;/h3-8,11-16,19-20H,9-10,17-18H2,1-2H3;2*1H/q+2;;/p-2. The van der Waals surface area contributed by atoms with E-state index in [9.17, 15) is 0 Å². The van der Waals surface area contributed by atoms with Gasteiger partial charge in [0.15, 0.2) is 0 Å². The lowest BCUT2D eigenvalue weighted by molar-refractivity contribution is -0.688. The van der Waals surface area contributed by atoms with Crippen LogP contribution in [0.2, 0.25) is 0 Å². The highest BCUT2D eigenvalue weighted by molar-refractivity contribution is 5.28. The summed E-state index contributed by atoms with van der Waals surface area (Å²) < 4.78 is 19.4. The van der Waals surface area contributed by atoms with E-state index < -0.39 is 0 Å². The molecule has 0 unspecified atom stereocenters. The van der Waals surface area contributed by atoms with Gasteiger partial charge >= 0.3 is 0 Å². The molecule has 170 valence electrons. The molecule has 0 radical (unpaired) electrons. The number of benzene rings is 2. The Morgan fingerprint density at radius 1 is 0.688 bits per heavy atom. The second kappa shape index (κ2) is 12.5. The smallest absolute Gasteiger partial charge is 0.244 e. The van der Waals surface area contributed by atoms with Crippen LogP contribution in [0, 0.1) is 0 Å². The third kappa shape index (κ3) is 6.97. The van der Waals surface area contributed by atoms with Gasteiger partial charge in [-0.2, -0.15) is 0 Å². The summed E-state index contributed by atoms with van der Waals surface area (Å²) in [7, 11) is 3.40. The molecule has 2 heterocycles. The Bertz CT molecular complexity index is 1020. The molecule has 4 rings (SSSR count). The molecule has 2 aromatic heterocycles. The van der Waals surface area contributed by atoms with Crippen LogP contribution >= 0.6 is 0 Å². The first kappa shape index (κ1) is 25.7. The molecule has 32 heavy (non-hydrogen) atoms. The van der Waals surface area contributed by atoms with Crippen molar-refractivity contribution in [2.45, 2.75) is 26.2 Å². The largest absolute Gasteiger partial charge is 1.00 e. The van der Waals surface area contributed by atoms with E-state index in [-0.39, 0.29) is 34.0 Å². The van der Waals surface area contributed by atoms with Crippen molar-refractivity contribution in [1.82, 2.24) is 9.13 Å². The number of methoxy groups -OCH3 is 2. The average Bonchev–Trinajstić information content (AvgIpc) is 3.41. The summed E-state index contributed by atoms with van der Waals surface area (Å²) in [5, 5.41) is 0. The van der Waals surface area contributed by atoms with Crippen molar-refractivity contribution in [1.29, 1.82) is 0 Å². The fraction of sp³-hybridized carbons (Fsp3) is 0.250. The maximum absolute atomic E-state index is 5.31. The van der Waals surface area contributed by atoms with E-state index >= 15 is 0 Å². The van der Waals surface area contributed by atoms with Gasteiger partial charge in [-0.15, -0.1) is 0 Å². The minimum absolute atomic E-state index is 0. The molecule has 0 aliphatic carbocycles. The molecule has 2 aromatic carbocycles. The molecule has 0 fully saturated rings. The topological polar surface area (TPSA) is 36.1 Å². The molecule has 0 amide bonds. The summed E-state index contributed by atoms with van der Waals surface area (Å²) in [4.78, 5) is 0. The summed E-state index contributed by atoms with van der Waals surface area (Å²) in [5.74, 6) is 1.78. The maximum Gasteiger partial charge on any atom is 0.244 e. The predicted octanol–water partition coefficient (Wildman–Crippen LogP) is -3.31.